The van der Waals surface area contributed by atoms with Crippen molar-refractivity contribution in [3.05, 3.63) is 53.6 Å². The van der Waals surface area contributed by atoms with Crippen LogP contribution in [0.25, 0.3) is 16.0 Å². The Morgan fingerprint density at radius 2 is 2.10 bits per heavy atom. The van der Waals surface area contributed by atoms with Crippen molar-refractivity contribution in [3.8, 4) is 16.9 Å². The number of hydrogen-bond donors (Lipinski definition) is 3. The minimum Gasteiger partial charge on any atom is -0.507 e. The second-order valence-corrected chi connectivity index (χ2v) is 4.05. The molecule has 0 fully saturated rings. The number of carbonyl (C=O) groups is 1. The third-order valence-corrected chi connectivity index (χ3v) is 2.68. The summed E-state index contributed by atoms with van der Waals surface area (Å²) in [7, 11) is 0. The lowest BCUT2D eigenvalue weighted by Gasteiger charge is -2.11. The van der Waals surface area contributed by atoms with Crippen molar-refractivity contribution in [1.82, 2.24) is 4.98 Å². The predicted molar refractivity (Wildman–Crippen MR) is 77.7 cm³/mol. The van der Waals surface area contributed by atoms with E-state index >= 15 is 0 Å². The van der Waals surface area contributed by atoms with E-state index in [9.17, 15) is 9.90 Å². The molecule has 1 amide bonds. The normalized spacial score (nSPS) is 9.67. The van der Waals surface area contributed by atoms with Crippen LogP contribution in [0.5, 0.6) is 5.75 Å². The lowest BCUT2D eigenvalue weighted by Crippen LogP contribution is -2.24. The molecule has 1 aromatic carbocycles. The third-order valence-electron chi connectivity index (χ3n) is 2.68. The molecule has 5 N–H and O–H groups in total. The molecule has 21 heavy (non-hydrogen) atoms. The van der Waals surface area contributed by atoms with Gasteiger partial charge < -0.3 is 16.6 Å². The summed E-state index contributed by atoms with van der Waals surface area (Å²) in [6.07, 6.45) is 3.04. The van der Waals surface area contributed by atoms with Gasteiger partial charge in [0.15, 0.2) is 11.6 Å². The van der Waals surface area contributed by atoms with Crippen LogP contribution in [-0.2, 0) is 0 Å². The number of guanidine groups is 1. The van der Waals surface area contributed by atoms with Crippen molar-refractivity contribution in [2.24, 2.45) is 16.5 Å². The summed E-state index contributed by atoms with van der Waals surface area (Å²) in [5, 5.41) is 9.96. The quantitative estimate of drug-likeness (QED) is 0.437. The highest BCUT2D eigenvalue weighted by Gasteiger charge is 2.21. The highest BCUT2D eigenvalue weighted by molar-refractivity contribution is 6.10. The van der Waals surface area contributed by atoms with Crippen LogP contribution in [0.15, 0.2) is 41.7 Å². The van der Waals surface area contributed by atoms with Crippen LogP contribution in [-0.4, -0.2) is 22.0 Å². The molecule has 2 rings (SSSR count). The van der Waals surface area contributed by atoms with Crippen LogP contribution in [0.3, 0.4) is 0 Å². The standard InChI is InChI=1S/C14H11N5O2/c1-17-9-4-5-10(20)12(13(21)19-14(15)16)11(9)8-3-2-6-18-7-8/h2-7,20H,(H4,15,16,19,21). The van der Waals surface area contributed by atoms with Gasteiger partial charge in [-0.25, -0.2) is 4.85 Å². The fraction of sp³-hybridized carbons (Fsp3) is 0. The summed E-state index contributed by atoms with van der Waals surface area (Å²) in [5.74, 6) is -1.56. The number of hydrogen-bond acceptors (Lipinski definition) is 3. The van der Waals surface area contributed by atoms with Gasteiger partial charge in [0.1, 0.15) is 5.75 Å². The molecular formula is C14H11N5O2. The Labute approximate surface area is 120 Å². The Morgan fingerprint density at radius 3 is 2.67 bits per heavy atom. The number of aliphatic imine (C=N–C) groups is 1. The molecule has 0 aliphatic heterocycles. The minimum atomic E-state index is -0.822. The molecule has 7 nitrogen and oxygen atoms in total. The molecule has 0 unspecified atom stereocenters. The number of nitrogens with zero attached hydrogens (tertiary/aromatic N) is 3. The number of benzene rings is 1. The molecule has 0 aliphatic rings. The van der Waals surface area contributed by atoms with Crippen LogP contribution in [0.2, 0.25) is 0 Å². The zero-order valence-electron chi connectivity index (χ0n) is 10.8. The number of pyridine rings is 1. The van der Waals surface area contributed by atoms with E-state index < -0.39 is 11.9 Å². The SMILES string of the molecule is [C-]#[N+]c1ccc(O)c(C(=O)N=C(N)N)c1-c1cccnc1. The first-order chi connectivity index (χ1) is 10.0. The smallest absolute Gasteiger partial charge is 0.283 e. The second-order valence-electron chi connectivity index (χ2n) is 4.05. The summed E-state index contributed by atoms with van der Waals surface area (Å²) >= 11 is 0. The number of aromatic hydroxyl groups is 1. The molecule has 0 atom stereocenters. The molecular weight excluding hydrogens is 270 g/mol. The Hall–Kier alpha value is -3.40. The third kappa shape index (κ3) is 2.79. The molecule has 7 heteroatoms. The summed E-state index contributed by atoms with van der Waals surface area (Å²) in [6, 6.07) is 5.99. The summed E-state index contributed by atoms with van der Waals surface area (Å²) in [5.41, 5.74) is 11.2. The van der Waals surface area contributed by atoms with Crippen molar-refractivity contribution in [1.29, 1.82) is 0 Å². The highest BCUT2D eigenvalue weighted by atomic mass is 16.3. The Bertz CT molecular complexity index is 759. The lowest BCUT2D eigenvalue weighted by atomic mass is 9.97. The summed E-state index contributed by atoms with van der Waals surface area (Å²) in [6.45, 7) is 7.21. The Morgan fingerprint density at radius 1 is 1.33 bits per heavy atom. The van der Waals surface area contributed by atoms with Crippen molar-refractivity contribution in [3.63, 3.8) is 0 Å². The monoisotopic (exact) mass is 281 g/mol. The van der Waals surface area contributed by atoms with Crippen LogP contribution in [0, 0.1) is 6.57 Å². The predicted octanol–water partition coefficient (Wildman–Crippen LogP) is 1.42. The van der Waals surface area contributed by atoms with Crippen LogP contribution in [0.1, 0.15) is 10.4 Å². The van der Waals surface area contributed by atoms with Crippen LogP contribution in [0.4, 0.5) is 5.69 Å². The Kier molecular flexibility index (Phi) is 3.81. The van der Waals surface area contributed by atoms with Gasteiger partial charge in [-0.15, -0.1) is 0 Å². The Balaban J connectivity index is 2.78. The zero-order valence-corrected chi connectivity index (χ0v) is 10.8. The van der Waals surface area contributed by atoms with E-state index in [1.54, 1.807) is 18.3 Å². The molecule has 104 valence electrons. The van der Waals surface area contributed by atoms with Gasteiger partial charge in [-0.3, -0.25) is 9.78 Å². The van der Waals surface area contributed by atoms with Gasteiger partial charge in [0.25, 0.3) is 5.91 Å². The first-order valence-corrected chi connectivity index (χ1v) is 5.82. The highest BCUT2D eigenvalue weighted by Crippen LogP contribution is 2.38. The fourth-order valence-electron chi connectivity index (χ4n) is 1.87. The molecule has 0 saturated carbocycles. The maximum atomic E-state index is 12.1. The molecule has 2 aromatic rings. The topological polar surface area (TPSA) is 119 Å². The van der Waals surface area contributed by atoms with Gasteiger partial charge in [0.2, 0.25) is 0 Å². The number of aromatic nitrogens is 1. The van der Waals surface area contributed by atoms with Gasteiger partial charge in [-0.1, -0.05) is 12.1 Å². The van der Waals surface area contributed by atoms with E-state index in [2.05, 4.69) is 14.8 Å². The van der Waals surface area contributed by atoms with E-state index in [0.29, 0.717) is 5.56 Å². The van der Waals surface area contributed by atoms with Gasteiger partial charge in [0, 0.05) is 18.0 Å². The largest absolute Gasteiger partial charge is 0.507 e. The van der Waals surface area contributed by atoms with Gasteiger partial charge in [-0.2, -0.15) is 4.99 Å². The number of nitrogens with two attached hydrogens (primary N) is 2. The van der Waals surface area contributed by atoms with Crippen molar-refractivity contribution < 1.29 is 9.90 Å². The average Bonchev–Trinajstić information content (AvgIpc) is 2.46. The summed E-state index contributed by atoms with van der Waals surface area (Å²) < 4.78 is 0. The van der Waals surface area contributed by atoms with E-state index in [1.807, 2.05) is 0 Å². The second kappa shape index (κ2) is 5.71. The molecule has 0 radical (unpaired) electrons. The van der Waals surface area contributed by atoms with Crippen LogP contribution < -0.4 is 11.5 Å². The van der Waals surface area contributed by atoms with E-state index in [0.717, 1.165) is 0 Å². The van der Waals surface area contributed by atoms with Crippen LogP contribution >= 0.6 is 0 Å². The van der Waals surface area contributed by atoms with E-state index in [1.165, 1.54) is 18.3 Å². The number of phenols is 1. The van der Waals surface area contributed by atoms with Crippen molar-refractivity contribution >= 4 is 17.6 Å². The van der Waals surface area contributed by atoms with Crippen molar-refractivity contribution in [2.75, 3.05) is 0 Å². The average molecular weight is 281 g/mol. The van der Waals surface area contributed by atoms with Gasteiger partial charge in [-0.05, 0) is 17.7 Å². The minimum absolute atomic E-state index is 0.134. The first kappa shape index (κ1) is 14.0. The lowest BCUT2D eigenvalue weighted by molar-refractivity contribution is 0.100. The summed E-state index contributed by atoms with van der Waals surface area (Å²) in [4.78, 5) is 22.8. The molecule has 1 aromatic heterocycles. The maximum absolute atomic E-state index is 12.1. The molecule has 0 aliphatic carbocycles. The number of amides is 1. The number of carbonyl (C=O) groups excluding carboxylic acids is 1. The van der Waals surface area contributed by atoms with Gasteiger partial charge in [0.05, 0.1) is 12.1 Å². The zero-order chi connectivity index (χ0) is 15.4. The number of phenolic OH excluding ortho intramolecular Hbond substituents is 1. The first-order valence-electron chi connectivity index (χ1n) is 5.82. The molecule has 0 spiro atoms. The molecule has 0 saturated heterocycles. The van der Waals surface area contributed by atoms with E-state index in [-0.39, 0.29) is 22.6 Å². The molecule has 0 bridgehead atoms. The number of rotatable bonds is 2. The maximum Gasteiger partial charge on any atom is 0.283 e. The van der Waals surface area contributed by atoms with Gasteiger partial charge >= 0.3 is 0 Å². The van der Waals surface area contributed by atoms with E-state index in [4.69, 9.17) is 18.0 Å². The fourth-order valence-corrected chi connectivity index (χ4v) is 1.87. The molecule has 1 heterocycles. The van der Waals surface area contributed by atoms with Crippen molar-refractivity contribution in [2.45, 2.75) is 0 Å².